The first-order valence-corrected chi connectivity index (χ1v) is 6.66. The molecular formula is C11H14ClN3O2S. The van der Waals surface area contributed by atoms with Crippen LogP contribution in [0.15, 0.2) is 41.6 Å². The molecule has 0 radical (unpaired) electrons. The van der Waals surface area contributed by atoms with Crippen molar-refractivity contribution in [2.45, 2.75) is 4.90 Å². The first kappa shape index (κ1) is 14.8. The van der Waals surface area contributed by atoms with E-state index in [0.717, 1.165) is 5.39 Å². The van der Waals surface area contributed by atoms with E-state index in [4.69, 9.17) is 5.73 Å². The maximum Gasteiger partial charge on any atom is 0.241 e. The minimum Gasteiger partial charge on any atom is -0.329 e. The molecule has 0 saturated heterocycles. The van der Waals surface area contributed by atoms with Crippen molar-refractivity contribution in [3.63, 3.8) is 0 Å². The number of aromatic nitrogens is 1. The maximum atomic E-state index is 12.0. The molecule has 1 aromatic carbocycles. The molecule has 18 heavy (non-hydrogen) atoms. The smallest absolute Gasteiger partial charge is 0.241 e. The average Bonchev–Trinajstić information content (AvgIpc) is 2.36. The van der Waals surface area contributed by atoms with Crippen LogP contribution in [0.2, 0.25) is 0 Å². The highest BCUT2D eigenvalue weighted by molar-refractivity contribution is 7.89. The lowest BCUT2D eigenvalue weighted by Gasteiger charge is -2.08. The summed E-state index contributed by atoms with van der Waals surface area (Å²) >= 11 is 0. The van der Waals surface area contributed by atoms with Crippen LogP contribution in [0.25, 0.3) is 10.8 Å². The topological polar surface area (TPSA) is 85.1 Å². The van der Waals surface area contributed by atoms with Crippen molar-refractivity contribution in [1.29, 1.82) is 0 Å². The third kappa shape index (κ3) is 2.97. The Bertz CT molecular complexity index is 626. The van der Waals surface area contributed by atoms with Crippen LogP contribution >= 0.6 is 12.4 Å². The van der Waals surface area contributed by atoms with Gasteiger partial charge in [-0.15, -0.1) is 12.4 Å². The van der Waals surface area contributed by atoms with Crippen LogP contribution in [0.1, 0.15) is 0 Å². The number of halogens is 1. The van der Waals surface area contributed by atoms with Gasteiger partial charge in [-0.25, -0.2) is 13.1 Å². The predicted molar refractivity (Wildman–Crippen MR) is 73.2 cm³/mol. The van der Waals surface area contributed by atoms with Crippen LogP contribution in [-0.4, -0.2) is 26.5 Å². The Balaban J connectivity index is 0.00000162. The van der Waals surface area contributed by atoms with Gasteiger partial charge in [0.15, 0.2) is 0 Å². The number of nitrogens with zero attached hydrogens (tertiary/aromatic N) is 1. The number of benzene rings is 1. The van der Waals surface area contributed by atoms with E-state index in [1.807, 2.05) is 6.07 Å². The molecule has 0 fully saturated rings. The summed E-state index contributed by atoms with van der Waals surface area (Å²) in [6, 6.07) is 6.89. The third-order valence-corrected chi connectivity index (χ3v) is 3.89. The van der Waals surface area contributed by atoms with Crippen molar-refractivity contribution in [2.75, 3.05) is 13.1 Å². The van der Waals surface area contributed by atoms with Gasteiger partial charge in [-0.3, -0.25) is 4.98 Å². The van der Waals surface area contributed by atoms with Crippen molar-refractivity contribution in [3.05, 3.63) is 36.7 Å². The summed E-state index contributed by atoms with van der Waals surface area (Å²) < 4.78 is 26.5. The Morgan fingerprint density at radius 3 is 2.78 bits per heavy atom. The SMILES string of the molecule is Cl.NCCNS(=O)(=O)c1cccc2ccncc12. The van der Waals surface area contributed by atoms with E-state index < -0.39 is 10.0 Å². The van der Waals surface area contributed by atoms with E-state index in [9.17, 15) is 8.42 Å². The summed E-state index contributed by atoms with van der Waals surface area (Å²) in [7, 11) is -3.52. The van der Waals surface area contributed by atoms with Crippen LogP contribution in [0.4, 0.5) is 0 Å². The second-order valence-corrected chi connectivity index (χ2v) is 5.27. The molecule has 0 aliphatic carbocycles. The molecule has 0 spiro atoms. The van der Waals surface area contributed by atoms with Crippen LogP contribution in [0.5, 0.6) is 0 Å². The van der Waals surface area contributed by atoms with Gasteiger partial charge >= 0.3 is 0 Å². The van der Waals surface area contributed by atoms with Gasteiger partial charge in [0.2, 0.25) is 10.0 Å². The van der Waals surface area contributed by atoms with Gasteiger partial charge in [0.1, 0.15) is 0 Å². The number of pyridine rings is 1. The minimum absolute atomic E-state index is 0. The maximum absolute atomic E-state index is 12.0. The van der Waals surface area contributed by atoms with Crippen molar-refractivity contribution in [3.8, 4) is 0 Å². The Morgan fingerprint density at radius 1 is 1.28 bits per heavy atom. The first-order valence-electron chi connectivity index (χ1n) is 5.17. The fraction of sp³-hybridized carbons (Fsp3) is 0.182. The zero-order chi connectivity index (χ0) is 12.3. The molecule has 3 N–H and O–H groups in total. The lowest BCUT2D eigenvalue weighted by Crippen LogP contribution is -2.29. The molecule has 98 valence electrons. The number of sulfonamides is 1. The Kier molecular flexibility index (Phi) is 5.03. The zero-order valence-electron chi connectivity index (χ0n) is 9.54. The van der Waals surface area contributed by atoms with Crippen LogP contribution in [0, 0.1) is 0 Å². The van der Waals surface area contributed by atoms with Crippen LogP contribution in [-0.2, 0) is 10.0 Å². The molecule has 0 unspecified atom stereocenters. The third-order valence-electron chi connectivity index (χ3n) is 2.37. The van der Waals surface area contributed by atoms with Crippen molar-refractivity contribution in [2.24, 2.45) is 5.73 Å². The zero-order valence-corrected chi connectivity index (χ0v) is 11.2. The van der Waals surface area contributed by atoms with Gasteiger partial charge in [0.25, 0.3) is 0 Å². The molecule has 2 rings (SSSR count). The Hall–Kier alpha value is -1.21. The second kappa shape index (κ2) is 6.10. The van der Waals surface area contributed by atoms with Gasteiger partial charge < -0.3 is 5.73 Å². The van der Waals surface area contributed by atoms with Crippen molar-refractivity contribution < 1.29 is 8.42 Å². The number of hydrogen-bond acceptors (Lipinski definition) is 4. The molecule has 1 aromatic heterocycles. The average molecular weight is 288 g/mol. The van der Waals surface area contributed by atoms with Gasteiger partial charge in [0.05, 0.1) is 4.90 Å². The standard InChI is InChI=1S/C11H13N3O2S.ClH/c12-5-7-14-17(15,16)11-3-1-2-9-4-6-13-8-10(9)11;/h1-4,6,8,14H,5,7,12H2;1H. The Morgan fingerprint density at radius 2 is 2.06 bits per heavy atom. The molecule has 2 aromatic rings. The van der Waals surface area contributed by atoms with E-state index in [-0.39, 0.29) is 30.4 Å². The normalized spacial score (nSPS) is 11.2. The predicted octanol–water partition coefficient (Wildman–Crippen LogP) is 0.894. The second-order valence-electron chi connectivity index (χ2n) is 3.54. The number of hydrogen-bond donors (Lipinski definition) is 2. The van der Waals surface area contributed by atoms with Crippen molar-refractivity contribution >= 4 is 33.2 Å². The van der Waals surface area contributed by atoms with Gasteiger partial charge in [-0.05, 0) is 17.5 Å². The number of nitrogens with two attached hydrogens (primary N) is 1. The molecule has 0 amide bonds. The fourth-order valence-electron chi connectivity index (χ4n) is 1.59. The molecule has 0 atom stereocenters. The summed E-state index contributed by atoms with van der Waals surface area (Å²) in [5, 5.41) is 1.45. The highest BCUT2D eigenvalue weighted by Crippen LogP contribution is 2.21. The van der Waals surface area contributed by atoms with E-state index >= 15 is 0 Å². The monoisotopic (exact) mass is 287 g/mol. The van der Waals surface area contributed by atoms with E-state index in [1.54, 1.807) is 30.6 Å². The number of rotatable bonds is 4. The summed E-state index contributed by atoms with van der Waals surface area (Å²) in [5.74, 6) is 0. The first-order chi connectivity index (χ1) is 8.15. The summed E-state index contributed by atoms with van der Waals surface area (Å²) in [5.41, 5.74) is 5.29. The number of fused-ring (bicyclic) bond motifs is 1. The highest BCUT2D eigenvalue weighted by atomic mass is 35.5. The molecule has 7 heteroatoms. The largest absolute Gasteiger partial charge is 0.329 e. The van der Waals surface area contributed by atoms with E-state index in [0.29, 0.717) is 5.39 Å². The molecule has 0 bridgehead atoms. The molecule has 0 aliphatic heterocycles. The van der Waals surface area contributed by atoms with Crippen LogP contribution in [0.3, 0.4) is 0 Å². The fourth-order valence-corrected chi connectivity index (χ4v) is 2.85. The van der Waals surface area contributed by atoms with E-state index in [2.05, 4.69) is 9.71 Å². The molecule has 1 heterocycles. The molecule has 0 saturated carbocycles. The molecule has 0 aliphatic rings. The van der Waals surface area contributed by atoms with Gasteiger partial charge in [0, 0.05) is 30.9 Å². The molecule has 5 nitrogen and oxygen atoms in total. The highest BCUT2D eigenvalue weighted by Gasteiger charge is 2.16. The lowest BCUT2D eigenvalue weighted by atomic mass is 10.2. The lowest BCUT2D eigenvalue weighted by molar-refractivity contribution is 0.583. The van der Waals surface area contributed by atoms with Gasteiger partial charge in [-0.1, -0.05) is 12.1 Å². The van der Waals surface area contributed by atoms with Gasteiger partial charge in [-0.2, -0.15) is 0 Å². The Labute approximate surface area is 112 Å². The summed E-state index contributed by atoms with van der Waals surface area (Å²) in [4.78, 5) is 4.18. The van der Waals surface area contributed by atoms with Crippen molar-refractivity contribution in [1.82, 2.24) is 9.71 Å². The minimum atomic E-state index is -3.52. The summed E-state index contributed by atoms with van der Waals surface area (Å²) in [6.45, 7) is 0.487. The van der Waals surface area contributed by atoms with Crippen LogP contribution < -0.4 is 10.5 Å². The summed E-state index contributed by atoms with van der Waals surface area (Å²) in [6.07, 6.45) is 3.18. The van der Waals surface area contributed by atoms with E-state index in [1.165, 1.54) is 0 Å². The molecular weight excluding hydrogens is 274 g/mol. The quantitative estimate of drug-likeness (QED) is 0.875. The number of nitrogens with one attached hydrogen (secondary N) is 1.